The zero-order chi connectivity index (χ0) is 14.0. The lowest BCUT2D eigenvalue weighted by Crippen LogP contribution is -2.36. The summed E-state index contributed by atoms with van der Waals surface area (Å²) in [5, 5.41) is 0. The fourth-order valence-electron chi connectivity index (χ4n) is 3.13. The van der Waals surface area contributed by atoms with Crippen molar-refractivity contribution in [1.29, 1.82) is 0 Å². The fourth-order valence-corrected chi connectivity index (χ4v) is 3.13. The van der Waals surface area contributed by atoms with Gasteiger partial charge < -0.3 is 5.73 Å². The fraction of sp³-hybridized carbons (Fsp3) is 0.600. The van der Waals surface area contributed by atoms with E-state index in [1.165, 1.54) is 6.07 Å². The summed E-state index contributed by atoms with van der Waals surface area (Å²) in [5.41, 5.74) is 6.87. The van der Waals surface area contributed by atoms with Crippen LogP contribution in [-0.4, -0.2) is 24.0 Å². The maximum absolute atomic E-state index is 12.8. The van der Waals surface area contributed by atoms with Crippen LogP contribution in [0.5, 0.6) is 0 Å². The summed E-state index contributed by atoms with van der Waals surface area (Å²) in [6.07, 6.45) is -1.28. The molecule has 106 valence electrons. The third-order valence-corrected chi connectivity index (χ3v) is 4.00. The summed E-state index contributed by atoms with van der Waals surface area (Å²) >= 11 is 0. The Labute approximate surface area is 113 Å². The van der Waals surface area contributed by atoms with Crippen molar-refractivity contribution >= 4 is 0 Å². The molecular formula is C15H22F2N2. The molecule has 1 heterocycles. The normalized spacial score (nSPS) is 26.0. The second-order valence-electron chi connectivity index (χ2n) is 5.61. The van der Waals surface area contributed by atoms with Crippen molar-refractivity contribution in [2.24, 2.45) is 11.7 Å². The Morgan fingerprint density at radius 2 is 2.00 bits per heavy atom. The van der Waals surface area contributed by atoms with Gasteiger partial charge in [-0.2, -0.15) is 0 Å². The third-order valence-electron chi connectivity index (χ3n) is 4.00. The van der Waals surface area contributed by atoms with Gasteiger partial charge in [-0.1, -0.05) is 25.1 Å². The molecule has 0 radical (unpaired) electrons. The maximum Gasteiger partial charge on any atom is 0.263 e. The maximum atomic E-state index is 12.8. The van der Waals surface area contributed by atoms with E-state index in [0.717, 1.165) is 18.5 Å². The standard InChI is InChI=1S/C15H22F2N2/c1-10-6-11(2)19(9-10)14(8-18)12-4-3-5-13(7-12)15(16)17/h3-5,7,10-11,14-15H,6,8-9,18H2,1-2H3. The minimum Gasteiger partial charge on any atom is -0.329 e. The lowest BCUT2D eigenvalue weighted by atomic mass is 10.0. The second-order valence-corrected chi connectivity index (χ2v) is 5.61. The highest BCUT2D eigenvalue weighted by Crippen LogP contribution is 2.32. The van der Waals surface area contributed by atoms with Gasteiger partial charge in [-0.25, -0.2) is 8.78 Å². The van der Waals surface area contributed by atoms with Crippen molar-refractivity contribution in [3.05, 3.63) is 35.4 Å². The Kier molecular flexibility index (Phi) is 4.53. The largest absolute Gasteiger partial charge is 0.329 e. The van der Waals surface area contributed by atoms with Crippen LogP contribution in [-0.2, 0) is 0 Å². The van der Waals surface area contributed by atoms with Crippen LogP contribution in [0.3, 0.4) is 0 Å². The molecule has 0 amide bonds. The van der Waals surface area contributed by atoms with E-state index in [0.29, 0.717) is 18.5 Å². The summed E-state index contributed by atoms with van der Waals surface area (Å²) in [6.45, 7) is 5.86. The molecule has 0 saturated carbocycles. The summed E-state index contributed by atoms with van der Waals surface area (Å²) < 4.78 is 25.6. The second kappa shape index (κ2) is 5.97. The lowest BCUT2D eigenvalue weighted by molar-refractivity contribution is 0.150. The molecule has 1 aromatic rings. The van der Waals surface area contributed by atoms with Gasteiger partial charge in [-0.15, -0.1) is 0 Å². The number of likely N-dealkylation sites (tertiary alicyclic amines) is 1. The van der Waals surface area contributed by atoms with Gasteiger partial charge >= 0.3 is 0 Å². The van der Waals surface area contributed by atoms with Crippen LogP contribution < -0.4 is 5.73 Å². The van der Waals surface area contributed by atoms with Crippen LogP contribution in [0.4, 0.5) is 8.78 Å². The van der Waals surface area contributed by atoms with E-state index in [1.54, 1.807) is 12.1 Å². The topological polar surface area (TPSA) is 29.3 Å². The average molecular weight is 268 g/mol. The molecular weight excluding hydrogens is 246 g/mol. The first-order valence-electron chi connectivity index (χ1n) is 6.86. The van der Waals surface area contributed by atoms with Gasteiger partial charge in [-0.05, 0) is 30.9 Å². The number of nitrogens with two attached hydrogens (primary N) is 1. The first-order valence-corrected chi connectivity index (χ1v) is 6.86. The summed E-state index contributed by atoms with van der Waals surface area (Å²) in [5.74, 6) is 0.641. The van der Waals surface area contributed by atoms with Crippen LogP contribution in [0.1, 0.15) is 43.9 Å². The highest BCUT2D eigenvalue weighted by molar-refractivity contribution is 5.27. The van der Waals surface area contributed by atoms with Gasteiger partial charge in [0.1, 0.15) is 0 Å². The highest BCUT2D eigenvalue weighted by Gasteiger charge is 2.32. The molecule has 2 N–H and O–H groups in total. The van der Waals surface area contributed by atoms with Crippen LogP contribution in [0.25, 0.3) is 0 Å². The van der Waals surface area contributed by atoms with Crippen LogP contribution in [0.15, 0.2) is 24.3 Å². The first-order chi connectivity index (χ1) is 9.02. The SMILES string of the molecule is CC1CC(C)N(C(CN)c2cccc(C(F)F)c2)C1. The van der Waals surface area contributed by atoms with Crippen molar-refractivity contribution in [1.82, 2.24) is 4.90 Å². The third kappa shape index (κ3) is 3.12. The van der Waals surface area contributed by atoms with Gasteiger partial charge in [0.25, 0.3) is 6.43 Å². The van der Waals surface area contributed by atoms with Gasteiger partial charge in [-0.3, -0.25) is 4.90 Å². The molecule has 1 aliphatic rings. The van der Waals surface area contributed by atoms with E-state index in [2.05, 4.69) is 18.7 Å². The number of hydrogen-bond acceptors (Lipinski definition) is 2. The monoisotopic (exact) mass is 268 g/mol. The highest BCUT2D eigenvalue weighted by atomic mass is 19.3. The van der Waals surface area contributed by atoms with E-state index in [1.807, 2.05) is 6.07 Å². The van der Waals surface area contributed by atoms with E-state index < -0.39 is 6.43 Å². The molecule has 2 nitrogen and oxygen atoms in total. The smallest absolute Gasteiger partial charge is 0.263 e. The van der Waals surface area contributed by atoms with Crippen molar-refractivity contribution in [2.75, 3.05) is 13.1 Å². The predicted octanol–water partition coefficient (Wildman–Crippen LogP) is 3.35. The molecule has 3 atom stereocenters. The molecule has 1 aliphatic heterocycles. The molecule has 0 spiro atoms. The van der Waals surface area contributed by atoms with E-state index in [9.17, 15) is 8.78 Å². The molecule has 2 rings (SSSR count). The number of nitrogens with zero attached hydrogens (tertiary/aromatic N) is 1. The Morgan fingerprint density at radius 1 is 1.32 bits per heavy atom. The Balaban J connectivity index is 2.24. The number of rotatable bonds is 4. The van der Waals surface area contributed by atoms with Gasteiger partial charge in [0.2, 0.25) is 0 Å². The molecule has 0 aromatic heterocycles. The number of benzene rings is 1. The zero-order valence-electron chi connectivity index (χ0n) is 11.5. The average Bonchev–Trinajstić information content (AvgIpc) is 2.70. The first kappa shape index (κ1) is 14.4. The van der Waals surface area contributed by atoms with Crippen LogP contribution in [0.2, 0.25) is 0 Å². The van der Waals surface area contributed by atoms with Crippen molar-refractivity contribution < 1.29 is 8.78 Å². The van der Waals surface area contributed by atoms with Gasteiger partial charge in [0, 0.05) is 30.7 Å². The van der Waals surface area contributed by atoms with Crippen molar-refractivity contribution in [3.8, 4) is 0 Å². The Bertz CT molecular complexity index is 422. The molecule has 4 heteroatoms. The Hall–Kier alpha value is -1.00. The number of hydrogen-bond donors (Lipinski definition) is 1. The van der Waals surface area contributed by atoms with Crippen LogP contribution in [0, 0.1) is 5.92 Å². The molecule has 1 aromatic carbocycles. The number of halogens is 2. The van der Waals surface area contributed by atoms with Crippen molar-refractivity contribution in [2.45, 2.75) is 38.8 Å². The molecule has 3 unspecified atom stereocenters. The summed E-state index contributed by atoms with van der Waals surface area (Å²) in [7, 11) is 0. The summed E-state index contributed by atoms with van der Waals surface area (Å²) in [4.78, 5) is 2.34. The molecule has 0 aliphatic carbocycles. The Morgan fingerprint density at radius 3 is 2.53 bits per heavy atom. The van der Waals surface area contributed by atoms with Crippen LogP contribution >= 0.6 is 0 Å². The van der Waals surface area contributed by atoms with E-state index in [-0.39, 0.29) is 11.6 Å². The van der Waals surface area contributed by atoms with E-state index >= 15 is 0 Å². The molecule has 1 fully saturated rings. The van der Waals surface area contributed by atoms with Crippen molar-refractivity contribution in [3.63, 3.8) is 0 Å². The van der Waals surface area contributed by atoms with E-state index in [4.69, 9.17) is 5.73 Å². The molecule has 1 saturated heterocycles. The summed E-state index contributed by atoms with van der Waals surface area (Å²) in [6, 6.07) is 7.16. The number of alkyl halides is 2. The zero-order valence-corrected chi connectivity index (χ0v) is 11.5. The minimum atomic E-state index is -2.42. The molecule has 19 heavy (non-hydrogen) atoms. The van der Waals surface area contributed by atoms with Gasteiger partial charge in [0.05, 0.1) is 0 Å². The quantitative estimate of drug-likeness (QED) is 0.907. The molecule has 0 bridgehead atoms. The van der Waals surface area contributed by atoms with Gasteiger partial charge in [0.15, 0.2) is 0 Å². The predicted molar refractivity (Wildman–Crippen MR) is 73.1 cm³/mol. The minimum absolute atomic E-state index is 0.0404. The lowest BCUT2D eigenvalue weighted by Gasteiger charge is -2.31.